The van der Waals surface area contributed by atoms with E-state index in [4.69, 9.17) is 8.37 Å². The SMILES string of the molecule is C/C=C/C=C/CC(CC(CCCCCCc1cc(O)cc(O)c1)SSC(CCCCCCc1cc(O)cc(O)c1)CC(C/C=C/C=C/C)OS(=O)(=O)[O-])OS(=O)(=O)[O-]. The third-order valence-corrected chi connectivity index (χ3v) is 13.5. The third-order valence-electron chi connectivity index (χ3n) is 8.97. The van der Waals surface area contributed by atoms with Crippen molar-refractivity contribution >= 4 is 42.4 Å². The van der Waals surface area contributed by atoms with Gasteiger partial charge in [0.05, 0.1) is 12.2 Å². The van der Waals surface area contributed by atoms with Crippen LogP contribution in [0.2, 0.25) is 0 Å². The molecule has 4 atom stereocenters. The van der Waals surface area contributed by atoms with E-state index in [0.717, 1.165) is 62.5 Å². The highest BCUT2D eigenvalue weighted by Gasteiger charge is 2.24. The van der Waals surface area contributed by atoms with Gasteiger partial charge in [0.2, 0.25) is 20.8 Å². The van der Waals surface area contributed by atoms with Gasteiger partial charge >= 0.3 is 0 Å². The lowest BCUT2D eigenvalue weighted by Crippen LogP contribution is -2.23. The van der Waals surface area contributed by atoms with E-state index >= 15 is 0 Å². The lowest BCUT2D eigenvalue weighted by atomic mass is 10.0. The minimum Gasteiger partial charge on any atom is -0.726 e. The predicted molar refractivity (Wildman–Crippen MR) is 231 cm³/mol. The normalized spacial score (nSPS) is 14.9. The number of phenols is 4. The van der Waals surface area contributed by atoms with Crippen LogP contribution in [0.5, 0.6) is 23.0 Å². The Kier molecular flexibility index (Phi) is 25.1. The summed E-state index contributed by atoms with van der Waals surface area (Å²) < 4.78 is 80.6. The molecule has 58 heavy (non-hydrogen) atoms. The van der Waals surface area contributed by atoms with Crippen LogP contribution in [0.25, 0.3) is 0 Å². The Bertz CT molecular complexity index is 1640. The van der Waals surface area contributed by atoms with Gasteiger partial charge in [-0.25, -0.2) is 16.8 Å². The van der Waals surface area contributed by atoms with Gasteiger partial charge < -0.3 is 29.5 Å². The Balaban J connectivity index is 2.20. The second-order valence-electron chi connectivity index (χ2n) is 14.2. The van der Waals surface area contributed by atoms with E-state index in [-0.39, 0.29) is 59.2 Å². The fourth-order valence-electron chi connectivity index (χ4n) is 6.39. The molecule has 0 spiro atoms. The molecule has 0 saturated heterocycles. The lowest BCUT2D eigenvalue weighted by molar-refractivity contribution is 0.168. The summed E-state index contributed by atoms with van der Waals surface area (Å²) >= 11 is 0. The Morgan fingerprint density at radius 3 is 1.22 bits per heavy atom. The summed E-state index contributed by atoms with van der Waals surface area (Å²) in [7, 11) is -6.90. The first-order chi connectivity index (χ1) is 27.5. The fraction of sp³-hybridized carbons (Fsp3) is 0.524. The van der Waals surface area contributed by atoms with E-state index in [1.807, 2.05) is 26.0 Å². The molecule has 16 heteroatoms. The van der Waals surface area contributed by atoms with Gasteiger partial charge in [-0.15, -0.1) is 0 Å². The molecule has 0 bridgehead atoms. The first-order valence-electron chi connectivity index (χ1n) is 19.7. The molecule has 0 aliphatic rings. The predicted octanol–water partition coefficient (Wildman–Crippen LogP) is 9.83. The van der Waals surface area contributed by atoms with Crippen LogP contribution in [-0.4, -0.2) is 69.1 Å². The molecular weight excluding hydrogens is 825 g/mol. The van der Waals surface area contributed by atoms with Crippen LogP contribution in [0.15, 0.2) is 85.0 Å². The topological polar surface area (TPSA) is 214 Å². The van der Waals surface area contributed by atoms with E-state index in [9.17, 15) is 46.4 Å². The maximum Gasteiger partial charge on any atom is 0.217 e. The number of aryl methyl sites for hydroxylation is 2. The number of hydrogen-bond acceptors (Lipinski definition) is 14. The molecule has 2 aromatic rings. The Labute approximate surface area is 353 Å². The van der Waals surface area contributed by atoms with E-state index in [0.29, 0.717) is 25.7 Å². The maximum atomic E-state index is 11.8. The molecule has 2 rings (SSSR count). The van der Waals surface area contributed by atoms with Crippen LogP contribution >= 0.6 is 21.6 Å². The fourth-order valence-corrected chi connectivity index (χ4v) is 10.8. The highest BCUT2D eigenvalue weighted by Crippen LogP contribution is 2.41. The highest BCUT2D eigenvalue weighted by molar-refractivity contribution is 8.77. The average Bonchev–Trinajstić information content (AvgIpc) is 3.11. The van der Waals surface area contributed by atoms with Gasteiger partial charge in [0.15, 0.2) is 0 Å². The van der Waals surface area contributed by atoms with Crippen molar-refractivity contribution in [3.63, 3.8) is 0 Å². The molecule has 0 aliphatic carbocycles. The second kappa shape index (κ2) is 28.5. The average molecular weight is 885 g/mol. The Hall–Kier alpha value is -2.96. The summed E-state index contributed by atoms with van der Waals surface area (Å²) in [6, 6.07) is 9.06. The largest absolute Gasteiger partial charge is 0.726 e. The third kappa shape index (κ3) is 26.2. The van der Waals surface area contributed by atoms with Crippen molar-refractivity contribution in [3.8, 4) is 23.0 Å². The summed E-state index contributed by atoms with van der Waals surface area (Å²) in [6.07, 6.45) is 22.8. The Morgan fingerprint density at radius 2 is 0.897 bits per heavy atom. The summed E-state index contributed by atoms with van der Waals surface area (Å²) in [5.41, 5.74) is 1.67. The zero-order valence-corrected chi connectivity index (χ0v) is 36.7. The van der Waals surface area contributed by atoms with Gasteiger partial charge in [0.25, 0.3) is 0 Å². The summed E-state index contributed by atoms with van der Waals surface area (Å²) in [6.45, 7) is 3.69. The standard InChI is InChI=1S/C42H62O12S4/c1-3-5-7-15-21-39(53-57(47,48)49)31-41(23-17-11-9-13-19-33-25-35(43)29-36(44)26-33)55-56-42(32-40(54-58(50,51)52)22-16-8-6-4-2)24-18-12-10-14-20-34-27-37(45)30-38(46)28-34/h3-8,15-16,25-30,39-46H,9-14,17-24,31-32H2,1-2H3,(H,47,48,49)(H,50,51,52)/p-2/b5-3+,6-4+,15-7+,16-8+. The number of hydrogen-bond donors (Lipinski definition) is 4. The van der Waals surface area contributed by atoms with Crippen LogP contribution in [0, 0.1) is 0 Å². The molecule has 326 valence electrons. The monoisotopic (exact) mass is 884 g/mol. The quantitative estimate of drug-likeness (QED) is 0.0182. The van der Waals surface area contributed by atoms with Gasteiger partial charge in [-0.1, -0.05) is 109 Å². The highest BCUT2D eigenvalue weighted by atomic mass is 33.1. The van der Waals surface area contributed by atoms with E-state index in [2.05, 4.69) is 0 Å². The van der Waals surface area contributed by atoms with Gasteiger partial charge in [0.1, 0.15) is 23.0 Å². The maximum absolute atomic E-state index is 11.8. The molecule has 0 amide bonds. The van der Waals surface area contributed by atoms with Crippen LogP contribution < -0.4 is 0 Å². The molecule has 0 radical (unpaired) electrons. The number of allylic oxidation sites excluding steroid dienone is 6. The summed E-state index contributed by atoms with van der Waals surface area (Å²) in [5.74, 6) is 0.0281. The lowest BCUT2D eigenvalue weighted by Gasteiger charge is -2.27. The van der Waals surface area contributed by atoms with E-state index < -0.39 is 33.0 Å². The van der Waals surface area contributed by atoms with E-state index in [1.165, 1.54) is 33.7 Å². The molecule has 4 N–H and O–H groups in total. The molecular formula is C42H60O12S4-2. The number of rotatable bonds is 31. The molecule has 0 heterocycles. The van der Waals surface area contributed by atoms with Crippen LogP contribution in [0.1, 0.15) is 115 Å². The van der Waals surface area contributed by atoms with Gasteiger partial charge in [0, 0.05) is 22.6 Å². The summed E-state index contributed by atoms with van der Waals surface area (Å²) in [5, 5.41) is 38.9. The molecule has 0 fully saturated rings. The van der Waals surface area contributed by atoms with Crippen molar-refractivity contribution in [2.24, 2.45) is 0 Å². The van der Waals surface area contributed by atoms with Gasteiger partial charge in [-0.3, -0.25) is 8.37 Å². The first kappa shape index (κ1) is 51.2. The zero-order chi connectivity index (χ0) is 42.8. The van der Waals surface area contributed by atoms with Crippen LogP contribution in [-0.2, 0) is 42.0 Å². The van der Waals surface area contributed by atoms with Crippen molar-refractivity contribution in [1.29, 1.82) is 0 Å². The Morgan fingerprint density at radius 1 is 0.552 bits per heavy atom. The molecule has 12 nitrogen and oxygen atoms in total. The molecule has 4 unspecified atom stereocenters. The van der Waals surface area contributed by atoms with Crippen molar-refractivity contribution in [3.05, 3.63) is 96.1 Å². The van der Waals surface area contributed by atoms with Crippen molar-refractivity contribution in [2.45, 2.75) is 139 Å². The van der Waals surface area contributed by atoms with Crippen LogP contribution in [0.4, 0.5) is 0 Å². The van der Waals surface area contributed by atoms with Crippen molar-refractivity contribution in [2.75, 3.05) is 0 Å². The molecule has 0 saturated carbocycles. The van der Waals surface area contributed by atoms with Crippen LogP contribution in [0.3, 0.4) is 0 Å². The number of unbranched alkanes of at least 4 members (excludes halogenated alkanes) is 6. The first-order valence-corrected chi connectivity index (χ1v) is 24.7. The molecule has 2 aromatic carbocycles. The minimum absolute atomic E-state index is 0.00704. The van der Waals surface area contributed by atoms with E-state index in [1.54, 1.807) is 60.7 Å². The zero-order valence-electron chi connectivity index (χ0n) is 33.4. The number of benzene rings is 2. The number of aromatic hydroxyl groups is 4. The number of phenolic OH excluding ortho intramolecular Hbond substituents is 4. The molecule has 0 aromatic heterocycles. The van der Waals surface area contributed by atoms with Crippen molar-refractivity contribution in [1.82, 2.24) is 0 Å². The minimum atomic E-state index is -4.99. The second-order valence-corrected chi connectivity index (χ2v) is 19.1. The van der Waals surface area contributed by atoms with Crippen molar-refractivity contribution < 1.29 is 54.7 Å². The molecule has 0 aliphatic heterocycles. The summed E-state index contributed by atoms with van der Waals surface area (Å²) in [4.78, 5) is 0. The van der Waals surface area contributed by atoms with Gasteiger partial charge in [-0.2, -0.15) is 0 Å². The smallest absolute Gasteiger partial charge is 0.217 e. The van der Waals surface area contributed by atoms with Gasteiger partial charge in [-0.05, 0) is 113 Å².